The topological polar surface area (TPSA) is 43.4 Å². The lowest BCUT2D eigenvalue weighted by Crippen LogP contribution is -2.30. The largest absolute Gasteiger partial charge is 0.483 e. The van der Waals surface area contributed by atoms with Crippen LogP contribution in [0, 0.1) is 5.92 Å². The van der Waals surface area contributed by atoms with Crippen molar-refractivity contribution in [2.24, 2.45) is 5.92 Å². The summed E-state index contributed by atoms with van der Waals surface area (Å²) < 4.78 is 6.09. The molecule has 156 valence electrons. The molecule has 0 spiro atoms. The van der Waals surface area contributed by atoms with Gasteiger partial charge in [0, 0.05) is 11.5 Å². The standard InChI is InChI=1S/C26H34O3/c1-17-8-6-10-18(2)12-14-20-16-22(27)23-21(15-13-19(3)11-7-9-17)26(4,5)29-25(23)24(20)28/h8,11-12,16,21H,6-7,9-10,13-15H2,1-5H3/b17-8+,18-12+,19-11+/t21-/m1/s1. The molecule has 0 N–H and O–H groups in total. The number of hydrogen-bond acceptors (Lipinski definition) is 3. The van der Waals surface area contributed by atoms with Gasteiger partial charge in [-0.15, -0.1) is 0 Å². The van der Waals surface area contributed by atoms with Gasteiger partial charge in [-0.1, -0.05) is 34.9 Å². The van der Waals surface area contributed by atoms with Gasteiger partial charge in [-0.3, -0.25) is 9.59 Å². The van der Waals surface area contributed by atoms with Gasteiger partial charge in [-0.2, -0.15) is 0 Å². The maximum atomic E-state index is 13.1. The summed E-state index contributed by atoms with van der Waals surface area (Å²) in [7, 11) is 0. The molecule has 0 aromatic heterocycles. The third kappa shape index (κ3) is 4.88. The van der Waals surface area contributed by atoms with Gasteiger partial charge in [0.25, 0.3) is 0 Å². The number of allylic oxidation sites excluding steroid dienone is 8. The Hall–Kier alpha value is -2.16. The highest BCUT2D eigenvalue weighted by molar-refractivity contribution is 6.22. The molecule has 3 heteroatoms. The smallest absolute Gasteiger partial charge is 0.224 e. The van der Waals surface area contributed by atoms with E-state index in [0.717, 1.165) is 38.5 Å². The first-order valence-corrected chi connectivity index (χ1v) is 10.9. The quantitative estimate of drug-likeness (QED) is 0.356. The average molecular weight is 395 g/mol. The number of ether oxygens (including phenoxy) is 1. The summed E-state index contributed by atoms with van der Waals surface area (Å²) in [6.07, 6.45) is 14.6. The Bertz CT molecular complexity index is 858. The Morgan fingerprint density at radius 2 is 1.48 bits per heavy atom. The second-order valence-electron chi connectivity index (χ2n) is 9.34. The minimum Gasteiger partial charge on any atom is -0.483 e. The minimum absolute atomic E-state index is 0.0439. The van der Waals surface area contributed by atoms with E-state index in [1.165, 1.54) is 16.7 Å². The average Bonchev–Trinajstić information content (AvgIpc) is 2.92. The summed E-state index contributed by atoms with van der Waals surface area (Å²) in [4.78, 5) is 26.0. The summed E-state index contributed by atoms with van der Waals surface area (Å²) in [6.45, 7) is 10.5. The van der Waals surface area contributed by atoms with Crippen LogP contribution in [-0.2, 0) is 14.3 Å². The molecule has 0 fully saturated rings. The molecule has 0 aromatic rings. The second-order valence-corrected chi connectivity index (χ2v) is 9.34. The zero-order chi connectivity index (χ0) is 21.2. The molecular weight excluding hydrogens is 360 g/mol. The molecule has 0 aromatic carbocycles. The molecule has 0 saturated heterocycles. The van der Waals surface area contributed by atoms with Crippen molar-refractivity contribution in [3.63, 3.8) is 0 Å². The van der Waals surface area contributed by atoms with Crippen LogP contribution in [0.5, 0.6) is 0 Å². The van der Waals surface area contributed by atoms with Crippen LogP contribution < -0.4 is 0 Å². The molecule has 0 amide bonds. The second kappa shape index (κ2) is 8.69. The van der Waals surface area contributed by atoms with Crippen molar-refractivity contribution in [3.8, 4) is 0 Å². The van der Waals surface area contributed by atoms with Gasteiger partial charge in [0.05, 0.1) is 5.57 Å². The number of ketones is 2. The Balaban J connectivity index is 1.93. The Morgan fingerprint density at radius 1 is 0.897 bits per heavy atom. The van der Waals surface area contributed by atoms with Gasteiger partial charge < -0.3 is 4.74 Å². The molecule has 0 saturated carbocycles. The van der Waals surface area contributed by atoms with E-state index in [4.69, 9.17) is 4.74 Å². The van der Waals surface area contributed by atoms with E-state index in [2.05, 4.69) is 39.0 Å². The predicted molar refractivity (Wildman–Crippen MR) is 117 cm³/mol. The summed E-state index contributed by atoms with van der Waals surface area (Å²) in [5, 5.41) is 0. The molecule has 3 nitrogen and oxygen atoms in total. The molecule has 0 radical (unpaired) electrons. The van der Waals surface area contributed by atoms with E-state index in [1.807, 2.05) is 13.8 Å². The molecule has 0 unspecified atom stereocenters. The minimum atomic E-state index is -0.534. The van der Waals surface area contributed by atoms with Crippen LogP contribution in [-0.4, -0.2) is 17.2 Å². The maximum absolute atomic E-state index is 13.1. The van der Waals surface area contributed by atoms with Gasteiger partial charge >= 0.3 is 0 Å². The third-order valence-electron chi connectivity index (χ3n) is 6.43. The number of hydrogen-bond donors (Lipinski definition) is 0. The number of rotatable bonds is 0. The van der Waals surface area contributed by atoms with Crippen molar-refractivity contribution < 1.29 is 14.3 Å². The molecule has 29 heavy (non-hydrogen) atoms. The van der Waals surface area contributed by atoms with Crippen LogP contribution in [0.3, 0.4) is 0 Å². The fourth-order valence-electron chi connectivity index (χ4n) is 4.49. The van der Waals surface area contributed by atoms with Crippen molar-refractivity contribution in [1.29, 1.82) is 0 Å². The molecule has 4 aliphatic rings. The molecular formula is C26H34O3. The third-order valence-corrected chi connectivity index (χ3v) is 6.43. The van der Waals surface area contributed by atoms with Crippen molar-refractivity contribution >= 4 is 11.6 Å². The first-order valence-electron chi connectivity index (χ1n) is 10.9. The summed E-state index contributed by atoms with van der Waals surface area (Å²) in [6, 6.07) is 0. The van der Waals surface area contributed by atoms with Crippen molar-refractivity contribution in [1.82, 2.24) is 0 Å². The van der Waals surface area contributed by atoms with E-state index in [0.29, 0.717) is 23.3 Å². The number of fused-ring (bicyclic) bond motifs is 10. The van der Waals surface area contributed by atoms with Crippen molar-refractivity contribution in [2.45, 2.75) is 85.2 Å². The van der Waals surface area contributed by atoms with E-state index in [-0.39, 0.29) is 17.5 Å². The highest BCUT2D eigenvalue weighted by Gasteiger charge is 2.48. The van der Waals surface area contributed by atoms with Crippen LogP contribution in [0.25, 0.3) is 0 Å². The summed E-state index contributed by atoms with van der Waals surface area (Å²) in [5.74, 6) is 0.101. The lowest BCUT2D eigenvalue weighted by molar-refractivity contribution is -0.119. The number of carbonyl (C=O) groups excluding carboxylic acids is 2. The normalized spacial score (nSPS) is 31.6. The Kier molecular flexibility index (Phi) is 6.45. The van der Waals surface area contributed by atoms with Crippen LogP contribution >= 0.6 is 0 Å². The zero-order valence-corrected chi connectivity index (χ0v) is 18.6. The van der Waals surface area contributed by atoms with E-state index in [1.54, 1.807) is 6.08 Å². The predicted octanol–water partition coefficient (Wildman–Crippen LogP) is 6.33. The van der Waals surface area contributed by atoms with E-state index >= 15 is 0 Å². The molecule has 4 bridgehead atoms. The first-order chi connectivity index (χ1) is 13.7. The number of carbonyl (C=O) groups is 2. The molecule has 3 aliphatic carbocycles. The molecule has 1 aliphatic heterocycles. The zero-order valence-electron chi connectivity index (χ0n) is 18.6. The summed E-state index contributed by atoms with van der Waals surface area (Å²) >= 11 is 0. The fourth-order valence-corrected chi connectivity index (χ4v) is 4.49. The molecule has 1 heterocycles. The van der Waals surface area contributed by atoms with Crippen LogP contribution in [0.2, 0.25) is 0 Å². The Labute approximate surface area is 175 Å². The van der Waals surface area contributed by atoms with Gasteiger partial charge in [-0.05, 0) is 85.6 Å². The lowest BCUT2D eigenvalue weighted by atomic mass is 9.78. The van der Waals surface area contributed by atoms with E-state index in [9.17, 15) is 9.59 Å². The SMILES string of the molecule is C/C1=C\CC/C(C)=C/CC2=CC(=O)C3=C(OC(C)(C)[C@@H]3CC/C(C)=C/CC1)C2=O. The van der Waals surface area contributed by atoms with Crippen LogP contribution in [0.1, 0.15) is 79.6 Å². The highest BCUT2D eigenvalue weighted by atomic mass is 16.5. The molecule has 1 atom stereocenters. The Morgan fingerprint density at radius 3 is 2.14 bits per heavy atom. The van der Waals surface area contributed by atoms with Crippen molar-refractivity contribution in [3.05, 3.63) is 57.9 Å². The van der Waals surface area contributed by atoms with Crippen LogP contribution in [0.15, 0.2) is 57.9 Å². The van der Waals surface area contributed by atoms with E-state index < -0.39 is 5.60 Å². The van der Waals surface area contributed by atoms with Crippen LogP contribution in [0.4, 0.5) is 0 Å². The lowest BCUT2D eigenvalue weighted by Gasteiger charge is -2.27. The monoisotopic (exact) mass is 394 g/mol. The van der Waals surface area contributed by atoms with Crippen molar-refractivity contribution in [2.75, 3.05) is 0 Å². The summed E-state index contributed by atoms with van der Waals surface area (Å²) in [5.41, 5.74) is 4.63. The van der Waals surface area contributed by atoms with Gasteiger partial charge in [0.15, 0.2) is 11.5 Å². The van der Waals surface area contributed by atoms with Gasteiger partial charge in [0.2, 0.25) is 5.78 Å². The molecule has 4 rings (SSSR count). The van der Waals surface area contributed by atoms with Gasteiger partial charge in [0.1, 0.15) is 5.60 Å². The van der Waals surface area contributed by atoms with Gasteiger partial charge in [-0.25, -0.2) is 0 Å². The maximum Gasteiger partial charge on any atom is 0.224 e. The highest BCUT2D eigenvalue weighted by Crippen LogP contribution is 2.45. The fraction of sp³-hybridized carbons (Fsp3) is 0.538. The number of Topliss-reactive ketones (excluding diaryl/α,β-unsaturated/α-hetero) is 1. The first kappa shape index (κ1) is 21.5.